The Kier molecular flexibility index (Phi) is 5.53. The van der Waals surface area contributed by atoms with E-state index >= 15 is 0 Å². The average molecular weight is 467 g/mol. The zero-order valence-corrected chi connectivity index (χ0v) is 16.8. The third kappa shape index (κ3) is 4.22. The molecule has 0 spiro atoms. The van der Waals surface area contributed by atoms with Gasteiger partial charge in [0.25, 0.3) is 0 Å². The molecule has 0 saturated heterocycles. The average Bonchev–Trinajstić information content (AvgIpc) is 2.73. The normalized spacial score (nSPS) is 10.7. The Labute approximate surface area is 172 Å². The fourth-order valence-electron chi connectivity index (χ4n) is 2.83. The monoisotopic (exact) mass is 467 g/mol. The largest absolute Gasteiger partial charge is 0.487 e. The quantitative estimate of drug-likeness (QED) is 0.326. The van der Waals surface area contributed by atoms with Crippen LogP contribution in [0.1, 0.15) is 11.1 Å². The fourth-order valence-corrected chi connectivity index (χ4v) is 3.55. The molecule has 4 heteroatoms. The predicted octanol–water partition coefficient (Wildman–Crippen LogP) is 6.00. The van der Waals surface area contributed by atoms with Gasteiger partial charge in [0.05, 0.1) is 5.52 Å². The third-order valence-corrected chi connectivity index (χ3v) is 5.15. The molecule has 0 radical (unpaired) electrons. The predicted molar refractivity (Wildman–Crippen MR) is 116 cm³/mol. The van der Waals surface area contributed by atoms with Crippen LogP contribution in [0.25, 0.3) is 10.9 Å². The SMILES string of the molecule is Ic1c(OCc2ccccc2)nc2ccccc2c1OCc1ccccc1. The van der Waals surface area contributed by atoms with Crippen LogP contribution in [0.4, 0.5) is 0 Å². The van der Waals surface area contributed by atoms with Crippen molar-refractivity contribution in [1.82, 2.24) is 4.98 Å². The molecule has 0 amide bonds. The zero-order valence-electron chi connectivity index (χ0n) is 14.6. The molecule has 1 heterocycles. The molecule has 0 fully saturated rings. The molecule has 0 aliphatic carbocycles. The molecule has 3 nitrogen and oxygen atoms in total. The summed E-state index contributed by atoms with van der Waals surface area (Å²) in [6.45, 7) is 0.975. The summed E-state index contributed by atoms with van der Waals surface area (Å²) in [6, 6.07) is 28.2. The summed E-state index contributed by atoms with van der Waals surface area (Å²) in [5, 5.41) is 0.991. The first kappa shape index (κ1) is 17.8. The first-order valence-corrected chi connectivity index (χ1v) is 9.81. The number of hydrogen-bond donors (Lipinski definition) is 0. The molecule has 0 bridgehead atoms. The van der Waals surface area contributed by atoms with Crippen LogP contribution >= 0.6 is 22.6 Å². The number of hydrogen-bond acceptors (Lipinski definition) is 3. The van der Waals surface area contributed by atoms with Gasteiger partial charge in [0.15, 0.2) is 0 Å². The standard InChI is InChI=1S/C23H18INO2/c24-21-22(26-15-17-9-3-1-4-10-17)19-13-7-8-14-20(19)25-23(21)27-16-18-11-5-2-6-12-18/h1-14H,15-16H2. The molecule has 1 aromatic heterocycles. The van der Waals surface area contributed by atoms with Crippen molar-refractivity contribution in [3.8, 4) is 11.6 Å². The Hall–Kier alpha value is -2.60. The summed E-state index contributed by atoms with van der Waals surface area (Å²) in [6.07, 6.45) is 0. The van der Waals surface area contributed by atoms with Crippen molar-refractivity contribution in [3.63, 3.8) is 0 Å². The van der Waals surface area contributed by atoms with Crippen molar-refractivity contribution in [2.75, 3.05) is 0 Å². The molecular weight excluding hydrogens is 449 g/mol. The van der Waals surface area contributed by atoms with Crippen LogP contribution < -0.4 is 9.47 Å². The van der Waals surface area contributed by atoms with Crippen molar-refractivity contribution < 1.29 is 9.47 Å². The van der Waals surface area contributed by atoms with Gasteiger partial charge < -0.3 is 9.47 Å². The van der Waals surface area contributed by atoms with Gasteiger partial charge in [-0.1, -0.05) is 72.8 Å². The van der Waals surface area contributed by atoms with Gasteiger partial charge in [-0.15, -0.1) is 0 Å². The van der Waals surface area contributed by atoms with Crippen molar-refractivity contribution in [1.29, 1.82) is 0 Å². The van der Waals surface area contributed by atoms with Crippen LogP contribution in [-0.4, -0.2) is 4.98 Å². The minimum absolute atomic E-state index is 0.473. The van der Waals surface area contributed by atoms with Gasteiger partial charge in [-0.05, 0) is 45.9 Å². The molecular formula is C23H18INO2. The highest BCUT2D eigenvalue weighted by Gasteiger charge is 2.16. The highest BCUT2D eigenvalue weighted by Crippen LogP contribution is 2.36. The topological polar surface area (TPSA) is 31.4 Å². The number of para-hydroxylation sites is 1. The van der Waals surface area contributed by atoms with Crippen LogP contribution in [0.5, 0.6) is 11.6 Å². The van der Waals surface area contributed by atoms with Crippen molar-refractivity contribution in [2.45, 2.75) is 13.2 Å². The zero-order chi connectivity index (χ0) is 18.5. The van der Waals surface area contributed by atoms with E-state index in [4.69, 9.17) is 14.5 Å². The van der Waals surface area contributed by atoms with Crippen LogP contribution in [0.3, 0.4) is 0 Å². The second-order valence-corrected chi connectivity index (χ2v) is 7.20. The Morgan fingerprint density at radius 2 is 1.22 bits per heavy atom. The molecule has 0 aliphatic rings. The first-order valence-electron chi connectivity index (χ1n) is 8.73. The number of nitrogens with zero attached hydrogens (tertiary/aromatic N) is 1. The van der Waals surface area contributed by atoms with Gasteiger partial charge in [-0.25, -0.2) is 4.98 Å². The molecule has 134 valence electrons. The van der Waals surface area contributed by atoms with Gasteiger partial charge in [-0.3, -0.25) is 0 Å². The van der Waals surface area contributed by atoms with E-state index < -0.39 is 0 Å². The van der Waals surface area contributed by atoms with E-state index in [1.165, 1.54) is 0 Å². The lowest BCUT2D eigenvalue weighted by Crippen LogP contribution is -2.03. The van der Waals surface area contributed by atoms with Crippen LogP contribution in [0.15, 0.2) is 84.9 Å². The third-order valence-electron chi connectivity index (χ3n) is 4.20. The van der Waals surface area contributed by atoms with E-state index in [2.05, 4.69) is 34.7 Å². The number of rotatable bonds is 6. The Balaban J connectivity index is 1.65. The number of benzene rings is 3. The Bertz CT molecular complexity index is 1040. The number of pyridine rings is 1. The maximum Gasteiger partial charge on any atom is 0.231 e. The lowest BCUT2D eigenvalue weighted by molar-refractivity contribution is 0.280. The maximum absolute atomic E-state index is 6.20. The molecule has 4 rings (SSSR count). The van der Waals surface area contributed by atoms with Gasteiger partial charge in [0.1, 0.15) is 22.5 Å². The van der Waals surface area contributed by atoms with Gasteiger partial charge in [0.2, 0.25) is 5.88 Å². The van der Waals surface area contributed by atoms with Gasteiger partial charge in [0, 0.05) is 5.39 Å². The number of fused-ring (bicyclic) bond motifs is 1. The minimum Gasteiger partial charge on any atom is -0.487 e. The minimum atomic E-state index is 0.473. The highest BCUT2D eigenvalue weighted by molar-refractivity contribution is 14.1. The summed E-state index contributed by atoms with van der Waals surface area (Å²) in [5.74, 6) is 1.41. The second kappa shape index (κ2) is 8.39. The van der Waals surface area contributed by atoms with E-state index in [1.54, 1.807) is 0 Å². The number of halogens is 1. The highest BCUT2D eigenvalue weighted by atomic mass is 127. The molecule has 0 aliphatic heterocycles. The van der Waals surface area contributed by atoms with Crippen molar-refractivity contribution in [3.05, 3.63) is 99.6 Å². The van der Waals surface area contributed by atoms with E-state index in [0.29, 0.717) is 19.1 Å². The van der Waals surface area contributed by atoms with Gasteiger partial charge in [-0.2, -0.15) is 0 Å². The van der Waals surface area contributed by atoms with Crippen molar-refractivity contribution >= 4 is 33.5 Å². The van der Waals surface area contributed by atoms with E-state index in [0.717, 1.165) is 31.3 Å². The first-order chi connectivity index (χ1) is 13.3. The number of ether oxygens (including phenoxy) is 2. The summed E-state index contributed by atoms with van der Waals surface area (Å²) in [5.41, 5.74) is 3.10. The molecule has 0 saturated carbocycles. The molecule has 0 unspecified atom stereocenters. The van der Waals surface area contributed by atoms with E-state index in [-0.39, 0.29) is 0 Å². The lowest BCUT2D eigenvalue weighted by atomic mass is 10.2. The molecule has 3 aromatic carbocycles. The van der Waals surface area contributed by atoms with Crippen molar-refractivity contribution in [2.24, 2.45) is 0 Å². The lowest BCUT2D eigenvalue weighted by Gasteiger charge is -2.15. The summed E-state index contributed by atoms with van der Waals surface area (Å²) in [7, 11) is 0. The summed E-state index contributed by atoms with van der Waals surface area (Å²) in [4.78, 5) is 4.70. The van der Waals surface area contributed by atoms with Crippen LogP contribution in [-0.2, 0) is 13.2 Å². The molecule has 0 N–H and O–H groups in total. The van der Waals surface area contributed by atoms with E-state index in [1.807, 2.05) is 72.8 Å². The second-order valence-electron chi connectivity index (χ2n) is 6.13. The molecule has 4 aromatic rings. The number of aromatic nitrogens is 1. The van der Waals surface area contributed by atoms with E-state index in [9.17, 15) is 0 Å². The molecule has 27 heavy (non-hydrogen) atoms. The van der Waals surface area contributed by atoms with Crippen LogP contribution in [0.2, 0.25) is 0 Å². The van der Waals surface area contributed by atoms with Crippen LogP contribution in [0, 0.1) is 3.57 Å². The van der Waals surface area contributed by atoms with Gasteiger partial charge >= 0.3 is 0 Å². The fraction of sp³-hybridized carbons (Fsp3) is 0.0870. The summed E-state index contributed by atoms with van der Waals surface area (Å²) < 4.78 is 13.1. The molecule has 0 atom stereocenters. The smallest absolute Gasteiger partial charge is 0.231 e. The Morgan fingerprint density at radius 1 is 0.667 bits per heavy atom. The Morgan fingerprint density at radius 3 is 1.89 bits per heavy atom. The summed E-state index contributed by atoms with van der Waals surface area (Å²) >= 11 is 2.26. The maximum atomic E-state index is 6.20.